The van der Waals surface area contributed by atoms with Gasteiger partial charge < -0.3 is 14.9 Å². The van der Waals surface area contributed by atoms with E-state index in [-0.39, 0.29) is 11.5 Å². The maximum atomic E-state index is 11.0. The third kappa shape index (κ3) is 4.24. The average molecular weight is 296 g/mol. The quantitative estimate of drug-likeness (QED) is 0.392. The number of carbonyl (C=O) groups is 1. The van der Waals surface area contributed by atoms with Crippen LogP contribution in [0.1, 0.15) is 16.7 Å². The van der Waals surface area contributed by atoms with E-state index in [4.69, 9.17) is 0 Å². The van der Waals surface area contributed by atoms with Gasteiger partial charge in [-0.15, -0.1) is 0 Å². The molecule has 0 saturated heterocycles. The van der Waals surface area contributed by atoms with Gasteiger partial charge in [0.05, 0.1) is 7.11 Å². The molecule has 0 bridgehead atoms. The van der Waals surface area contributed by atoms with Crippen molar-refractivity contribution in [2.75, 3.05) is 7.11 Å². The van der Waals surface area contributed by atoms with E-state index in [2.05, 4.69) is 4.74 Å². The Labute approximate surface area is 128 Å². The molecule has 0 fully saturated rings. The van der Waals surface area contributed by atoms with Gasteiger partial charge in [-0.25, -0.2) is 4.79 Å². The monoisotopic (exact) mass is 296 g/mol. The first-order valence-electron chi connectivity index (χ1n) is 6.64. The summed E-state index contributed by atoms with van der Waals surface area (Å²) in [5.74, 6) is -0.680. The summed E-state index contributed by atoms with van der Waals surface area (Å²) in [6, 6.07) is 12.2. The number of ether oxygens (including phenoxy) is 1. The van der Waals surface area contributed by atoms with Gasteiger partial charge in [0.15, 0.2) is 11.5 Å². The zero-order valence-electron chi connectivity index (χ0n) is 12.1. The van der Waals surface area contributed by atoms with Crippen LogP contribution in [0, 0.1) is 0 Å². The van der Waals surface area contributed by atoms with E-state index in [1.807, 2.05) is 36.4 Å². The van der Waals surface area contributed by atoms with Crippen LogP contribution in [0.15, 0.2) is 48.5 Å². The molecule has 4 nitrogen and oxygen atoms in total. The molecule has 0 aromatic heterocycles. The maximum Gasteiger partial charge on any atom is 0.330 e. The summed E-state index contributed by atoms with van der Waals surface area (Å²) in [7, 11) is 1.34. The van der Waals surface area contributed by atoms with Crippen LogP contribution < -0.4 is 0 Å². The van der Waals surface area contributed by atoms with E-state index in [9.17, 15) is 15.0 Å². The molecule has 2 aromatic rings. The van der Waals surface area contributed by atoms with Gasteiger partial charge in [0, 0.05) is 6.08 Å². The first kappa shape index (κ1) is 15.4. The highest BCUT2D eigenvalue weighted by Gasteiger charge is 1.98. The lowest BCUT2D eigenvalue weighted by atomic mass is 10.1. The molecule has 4 heteroatoms. The first-order chi connectivity index (χ1) is 10.6. The number of phenolic OH excluding ortho intramolecular Hbond substituents is 2. The Morgan fingerprint density at radius 1 is 0.864 bits per heavy atom. The highest BCUT2D eigenvalue weighted by Crippen LogP contribution is 2.25. The number of rotatable bonds is 4. The molecule has 0 amide bonds. The second kappa shape index (κ2) is 7.13. The molecule has 0 aliphatic rings. The van der Waals surface area contributed by atoms with Crippen LogP contribution in [-0.2, 0) is 9.53 Å². The molecule has 0 unspecified atom stereocenters. The Morgan fingerprint density at radius 3 is 2.00 bits per heavy atom. The van der Waals surface area contributed by atoms with Gasteiger partial charge in [0.2, 0.25) is 0 Å². The molecule has 0 spiro atoms. The van der Waals surface area contributed by atoms with Crippen molar-refractivity contribution in [1.82, 2.24) is 0 Å². The molecular formula is C18H16O4. The summed E-state index contributed by atoms with van der Waals surface area (Å²) >= 11 is 0. The molecule has 0 saturated carbocycles. The third-order valence-corrected chi connectivity index (χ3v) is 3.02. The Bertz CT molecular complexity index is 712. The van der Waals surface area contributed by atoms with Gasteiger partial charge in [-0.1, -0.05) is 42.5 Å². The molecule has 2 aromatic carbocycles. The number of phenols is 2. The fourth-order valence-electron chi connectivity index (χ4n) is 1.79. The van der Waals surface area contributed by atoms with E-state index < -0.39 is 5.97 Å². The maximum absolute atomic E-state index is 11.0. The number of benzene rings is 2. The Morgan fingerprint density at radius 2 is 1.41 bits per heavy atom. The number of aromatic hydroxyl groups is 2. The van der Waals surface area contributed by atoms with Gasteiger partial charge in [-0.2, -0.15) is 0 Å². The predicted molar refractivity (Wildman–Crippen MR) is 86.2 cm³/mol. The van der Waals surface area contributed by atoms with Gasteiger partial charge in [-0.05, 0) is 34.9 Å². The zero-order valence-corrected chi connectivity index (χ0v) is 12.1. The number of carbonyl (C=O) groups excluding carboxylic acids is 1. The fourth-order valence-corrected chi connectivity index (χ4v) is 1.79. The van der Waals surface area contributed by atoms with Crippen molar-refractivity contribution in [2.45, 2.75) is 0 Å². The number of methoxy groups -OCH3 is 1. The van der Waals surface area contributed by atoms with Crippen molar-refractivity contribution in [1.29, 1.82) is 0 Å². The first-order valence-corrected chi connectivity index (χ1v) is 6.64. The highest BCUT2D eigenvalue weighted by atomic mass is 16.5. The smallest absolute Gasteiger partial charge is 0.330 e. The molecule has 0 atom stereocenters. The summed E-state index contributed by atoms with van der Waals surface area (Å²) in [6.07, 6.45) is 6.76. The summed E-state index contributed by atoms with van der Waals surface area (Å²) < 4.78 is 4.53. The van der Waals surface area contributed by atoms with Gasteiger partial charge >= 0.3 is 5.97 Å². The van der Waals surface area contributed by atoms with Crippen LogP contribution >= 0.6 is 0 Å². The van der Waals surface area contributed by atoms with Crippen LogP contribution in [0.2, 0.25) is 0 Å². The minimum Gasteiger partial charge on any atom is -0.504 e. The lowest BCUT2D eigenvalue weighted by molar-refractivity contribution is -0.134. The molecule has 0 aliphatic carbocycles. The van der Waals surface area contributed by atoms with Crippen molar-refractivity contribution in [3.05, 3.63) is 65.2 Å². The minimum atomic E-state index is -0.392. The normalized spacial score (nSPS) is 11.1. The lowest BCUT2D eigenvalue weighted by Crippen LogP contribution is -1.93. The Balaban J connectivity index is 2.07. The van der Waals surface area contributed by atoms with Gasteiger partial charge in [0.1, 0.15) is 0 Å². The van der Waals surface area contributed by atoms with Gasteiger partial charge in [-0.3, -0.25) is 0 Å². The third-order valence-electron chi connectivity index (χ3n) is 3.02. The largest absolute Gasteiger partial charge is 0.504 e. The molecule has 2 rings (SSSR count). The van der Waals surface area contributed by atoms with Crippen molar-refractivity contribution >= 4 is 24.2 Å². The minimum absolute atomic E-state index is 0.140. The Kier molecular flexibility index (Phi) is 4.98. The SMILES string of the molecule is COC(=O)/C=C/c1ccc(/C=C\c2ccc(O)c(O)c2)cc1. The van der Waals surface area contributed by atoms with Crippen molar-refractivity contribution in [3.63, 3.8) is 0 Å². The Hall–Kier alpha value is -3.01. The van der Waals surface area contributed by atoms with Crippen LogP contribution in [0.4, 0.5) is 0 Å². The van der Waals surface area contributed by atoms with Crippen LogP contribution in [0.5, 0.6) is 11.5 Å². The van der Waals surface area contributed by atoms with Crippen LogP contribution in [0.3, 0.4) is 0 Å². The molecule has 0 heterocycles. The van der Waals surface area contributed by atoms with E-state index in [1.165, 1.54) is 25.3 Å². The molecule has 0 aliphatic heterocycles. The van der Waals surface area contributed by atoms with E-state index in [0.29, 0.717) is 0 Å². The van der Waals surface area contributed by atoms with Crippen molar-refractivity contribution in [2.24, 2.45) is 0 Å². The van der Waals surface area contributed by atoms with E-state index in [1.54, 1.807) is 12.1 Å². The molecule has 0 radical (unpaired) electrons. The molecule has 22 heavy (non-hydrogen) atoms. The molecule has 2 N–H and O–H groups in total. The predicted octanol–water partition coefficient (Wildman–Crippen LogP) is 3.45. The average Bonchev–Trinajstić information content (AvgIpc) is 2.54. The molecule has 112 valence electrons. The van der Waals surface area contributed by atoms with E-state index >= 15 is 0 Å². The zero-order chi connectivity index (χ0) is 15.9. The second-order valence-corrected chi connectivity index (χ2v) is 4.60. The topological polar surface area (TPSA) is 66.8 Å². The van der Waals surface area contributed by atoms with Gasteiger partial charge in [0.25, 0.3) is 0 Å². The summed E-state index contributed by atoms with van der Waals surface area (Å²) in [4.78, 5) is 11.0. The van der Waals surface area contributed by atoms with Crippen LogP contribution in [-0.4, -0.2) is 23.3 Å². The number of esters is 1. The summed E-state index contributed by atoms with van der Waals surface area (Å²) in [5.41, 5.74) is 2.65. The van der Waals surface area contributed by atoms with Crippen molar-refractivity contribution in [3.8, 4) is 11.5 Å². The highest BCUT2D eigenvalue weighted by molar-refractivity contribution is 5.87. The summed E-state index contributed by atoms with van der Waals surface area (Å²) in [5, 5.41) is 18.7. The van der Waals surface area contributed by atoms with Crippen molar-refractivity contribution < 1.29 is 19.7 Å². The summed E-state index contributed by atoms with van der Waals surface area (Å²) in [6.45, 7) is 0. The fraction of sp³-hybridized carbons (Fsp3) is 0.0556. The van der Waals surface area contributed by atoms with E-state index in [0.717, 1.165) is 16.7 Å². The lowest BCUT2D eigenvalue weighted by Gasteiger charge is -1.99. The number of hydrogen-bond donors (Lipinski definition) is 2. The second-order valence-electron chi connectivity index (χ2n) is 4.60. The number of hydrogen-bond acceptors (Lipinski definition) is 4. The standard InChI is InChI=1S/C18H16O4/c1-22-18(21)11-9-14-4-2-13(3-5-14)6-7-15-8-10-16(19)17(20)12-15/h2-12,19-20H,1H3/b7-6-,11-9+. The molecular weight excluding hydrogens is 280 g/mol. The van der Waals surface area contributed by atoms with Crippen LogP contribution in [0.25, 0.3) is 18.2 Å².